The largest absolute Gasteiger partial charge is 0.491 e. The van der Waals surface area contributed by atoms with E-state index >= 15 is 0 Å². The second-order valence-electron chi connectivity index (χ2n) is 9.26. The van der Waals surface area contributed by atoms with Crippen molar-refractivity contribution in [1.29, 1.82) is 0 Å². The van der Waals surface area contributed by atoms with Gasteiger partial charge in [0.05, 0.1) is 13.7 Å². The molecule has 0 unspecified atom stereocenters. The number of carbonyl (C=O) groups excluding carboxylic acids is 3. The molecule has 0 radical (unpaired) electrons. The Labute approximate surface area is 210 Å². The van der Waals surface area contributed by atoms with Crippen molar-refractivity contribution >= 4 is 17.8 Å². The lowest BCUT2D eigenvalue weighted by Crippen LogP contribution is -2.34. The minimum absolute atomic E-state index is 0.0165. The normalized spacial score (nSPS) is 15.4. The lowest BCUT2D eigenvalue weighted by Gasteiger charge is -2.20. The van der Waals surface area contributed by atoms with E-state index in [1.54, 1.807) is 9.80 Å². The number of esters is 1. The van der Waals surface area contributed by atoms with Gasteiger partial charge in [-0.3, -0.25) is 14.4 Å². The van der Waals surface area contributed by atoms with E-state index in [9.17, 15) is 19.2 Å². The minimum atomic E-state index is -0.592. The number of rotatable bonds is 8. The van der Waals surface area contributed by atoms with E-state index in [2.05, 4.69) is 0 Å². The Hall–Kier alpha value is -3.62. The van der Waals surface area contributed by atoms with Crippen LogP contribution >= 0.6 is 0 Å². The van der Waals surface area contributed by atoms with Crippen molar-refractivity contribution in [3.63, 3.8) is 0 Å². The topological polar surface area (TPSA) is 98.2 Å². The van der Waals surface area contributed by atoms with Gasteiger partial charge in [-0.1, -0.05) is 29.8 Å². The molecule has 1 aromatic carbocycles. The van der Waals surface area contributed by atoms with Crippen molar-refractivity contribution in [3.05, 3.63) is 63.1 Å². The van der Waals surface area contributed by atoms with Gasteiger partial charge in [0.15, 0.2) is 0 Å². The van der Waals surface area contributed by atoms with E-state index in [0.717, 1.165) is 12.0 Å². The molecule has 9 nitrogen and oxygen atoms in total. The summed E-state index contributed by atoms with van der Waals surface area (Å²) in [6.45, 7) is 4.34. The van der Waals surface area contributed by atoms with Gasteiger partial charge < -0.3 is 23.8 Å². The molecular formula is C27H33N3O6. The van der Waals surface area contributed by atoms with E-state index in [-0.39, 0.29) is 41.8 Å². The number of aromatic nitrogens is 1. The van der Waals surface area contributed by atoms with Gasteiger partial charge in [-0.15, -0.1) is 0 Å². The second-order valence-corrected chi connectivity index (χ2v) is 9.26. The third kappa shape index (κ3) is 5.78. The van der Waals surface area contributed by atoms with Crippen molar-refractivity contribution in [2.24, 2.45) is 0 Å². The number of ether oxygens (including phenoxy) is 2. The molecule has 4 rings (SSSR count). The summed E-state index contributed by atoms with van der Waals surface area (Å²) in [6.07, 6.45) is 2.72. The summed E-state index contributed by atoms with van der Waals surface area (Å²) in [5.41, 5.74) is 2.71. The number of amides is 2. The lowest BCUT2D eigenvalue weighted by molar-refractivity contribution is -0.131. The quantitative estimate of drug-likeness (QED) is 0.520. The van der Waals surface area contributed by atoms with Crippen LogP contribution in [0.2, 0.25) is 0 Å². The summed E-state index contributed by atoms with van der Waals surface area (Å²) < 4.78 is 12.4. The molecule has 2 amide bonds. The van der Waals surface area contributed by atoms with Crippen molar-refractivity contribution in [1.82, 2.24) is 14.4 Å². The molecule has 1 fully saturated rings. The Morgan fingerprint density at radius 3 is 2.47 bits per heavy atom. The van der Waals surface area contributed by atoms with Crippen LogP contribution in [0, 0.1) is 6.92 Å². The highest BCUT2D eigenvalue weighted by molar-refractivity contribution is 5.93. The van der Waals surface area contributed by atoms with Crippen LogP contribution in [0.3, 0.4) is 0 Å². The van der Waals surface area contributed by atoms with Crippen LogP contribution in [0.4, 0.5) is 0 Å². The van der Waals surface area contributed by atoms with E-state index < -0.39 is 5.97 Å². The number of pyridine rings is 1. The Balaban J connectivity index is 1.47. The molecule has 2 aromatic rings. The fraction of sp³-hybridized carbons (Fsp3) is 0.481. The number of carbonyl (C=O) groups is 3. The molecule has 3 heterocycles. The van der Waals surface area contributed by atoms with E-state index in [4.69, 9.17) is 9.47 Å². The zero-order valence-corrected chi connectivity index (χ0v) is 21.0. The SMILES string of the molecule is COC(=O)c1c(OCCN2CCCC2=O)cc(=O)n2c1CCN(C(=O)CCc1ccc(C)cc1)CC2. The number of benzene rings is 1. The zero-order valence-electron chi connectivity index (χ0n) is 21.0. The first kappa shape index (κ1) is 25.5. The summed E-state index contributed by atoms with van der Waals surface area (Å²) >= 11 is 0. The molecule has 192 valence electrons. The summed E-state index contributed by atoms with van der Waals surface area (Å²) in [5, 5.41) is 0. The first-order valence-electron chi connectivity index (χ1n) is 12.5. The van der Waals surface area contributed by atoms with Gasteiger partial charge in [-0.05, 0) is 25.3 Å². The van der Waals surface area contributed by atoms with Crippen molar-refractivity contribution < 1.29 is 23.9 Å². The number of methoxy groups -OCH3 is 1. The molecule has 0 aliphatic carbocycles. The van der Waals surface area contributed by atoms with Gasteiger partial charge in [0.1, 0.15) is 17.9 Å². The molecule has 1 saturated heterocycles. The summed E-state index contributed by atoms with van der Waals surface area (Å²) in [6, 6.07) is 9.43. The molecule has 0 spiro atoms. The first-order valence-corrected chi connectivity index (χ1v) is 12.5. The highest BCUT2D eigenvalue weighted by Crippen LogP contribution is 2.24. The van der Waals surface area contributed by atoms with E-state index in [1.807, 2.05) is 31.2 Å². The van der Waals surface area contributed by atoms with Crippen LogP contribution < -0.4 is 10.3 Å². The Morgan fingerprint density at radius 1 is 1.00 bits per heavy atom. The van der Waals surface area contributed by atoms with Crippen molar-refractivity contribution in [2.75, 3.05) is 39.9 Å². The van der Waals surface area contributed by atoms with Crippen LogP contribution in [0.1, 0.15) is 46.4 Å². The first-order chi connectivity index (χ1) is 17.4. The van der Waals surface area contributed by atoms with Crippen LogP contribution in [0.25, 0.3) is 0 Å². The maximum absolute atomic E-state index is 13.0. The molecule has 9 heteroatoms. The molecule has 2 aliphatic heterocycles. The van der Waals surface area contributed by atoms with Crippen LogP contribution in [-0.2, 0) is 33.7 Å². The third-order valence-corrected chi connectivity index (χ3v) is 6.87. The molecule has 0 saturated carbocycles. The fourth-order valence-corrected chi connectivity index (χ4v) is 4.80. The lowest BCUT2D eigenvalue weighted by atomic mass is 10.1. The number of fused-ring (bicyclic) bond motifs is 1. The number of likely N-dealkylation sites (tertiary alicyclic amines) is 1. The predicted molar refractivity (Wildman–Crippen MR) is 133 cm³/mol. The average molecular weight is 496 g/mol. The Morgan fingerprint density at radius 2 is 1.78 bits per heavy atom. The minimum Gasteiger partial charge on any atom is -0.491 e. The van der Waals surface area contributed by atoms with Gasteiger partial charge in [-0.25, -0.2) is 4.79 Å². The highest BCUT2D eigenvalue weighted by Gasteiger charge is 2.28. The number of nitrogens with zero attached hydrogens (tertiary/aromatic N) is 3. The van der Waals surface area contributed by atoms with Crippen molar-refractivity contribution in [2.45, 2.75) is 45.6 Å². The van der Waals surface area contributed by atoms with Gasteiger partial charge in [0.2, 0.25) is 11.8 Å². The Bertz CT molecular complexity index is 1190. The number of hydrogen-bond donors (Lipinski definition) is 0. The molecule has 36 heavy (non-hydrogen) atoms. The maximum atomic E-state index is 13.0. The smallest absolute Gasteiger partial charge is 0.343 e. The van der Waals surface area contributed by atoms with Gasteiger partial charge in [0, 0.05) is 57.2 Å². The second kappa shape index (κ2) is 11.4. The molecule has 0 N–H and O–H groups in total. The fourth-order valence-electron chi connectivity index (χ4n) is 4.80. The number of aryl methyl sites for hydroxylation is 2. The zero-order chi connectivity index (χ0) is 25.7. The monoisotopic (exact) mass is 495 g/mol. The standard InChI is InChI=1S/C27H33N3O6/c1-19-5-7-20(8-6-19)9-10-24(32)29-13-11-21-26(27(34)35-2)22(18-25(33)30(21)15-14-29)36-17-16-28-12-3-4-23(28)31/h5-8,18H,3-4,9-17H2,1-2H3. The summed E-state index contributed by atoms with van der Waals surface area (Å²) in [4.78, 5) is 54.0. The summed E-state index contributed by atoms with van der Waals surface area (Å²) in [5.74, 6) is -0.335. The van der Waals surface area contributed by atoms with E-state index in [1.165, 1.54) is 23.3 Å². The molecule has 0 bridgehead atoms. The summed E-state index contributed by atoms with van der Waals surface area (Å²) in [7, 11) is 1.29. The van der Waals surface area contributed by atoms with Crippen LogP contribution in [-0.4, -0.2) is 72.0 Å². The van der Waals surface area contributed by atoms with Gasteiger partial charge in [-0.2, -0.15) is 0 Å². The van der Waals surface area contributed by atoms with Gasteiger partial charge in [0.25, 0.3) is 5.56 Å². The molecule has 1 aromatic heterocycles. The van der Waals surface area contributed by atoms with Crippen molar-refractivity contribution in [3.8, 4) is 5.75 Å². The molecule has 0 atom stereocenters. The average Bonchev–Trinajstić information content (AvgIpc) is 3.14. The molecular weight excluding hydrogens is 462 g/mol. The predicted octanol–water partition coefficient (Wildman–Crippen LogP) is 1.96. The maximum Gasteiger partial charge on any atom is 0.343 e. The van der Waals surface area contributed by atoms with E-state index in [0.29, 0.717) is 57.6 Å². The molecule has 2 aliphatic rings. The Kier molecular flexibility index (Phi) is 8.07. The van der Waals surface area contributed by atoms with Crippen LogP contribution in [0.5, 0.6) is 5.75 Å². The van der Waals surface area contributed by atoms with Crippen LogP contribution in [0.15, 0.2) is 35.1 Å². The van der Waals surface area contributed by atoms with Gasteiger partial charge >= 0.3 is 5.97 Å². The highest BCUT2D eigenvalue weighted by atomic mass is 16.5. The third-order valence-electron chi connectivity index (χ3n) is 6.87. The number of hydrogen-bond acceptors (Lipinski definition) is 6.